The van der Waals surface area contributed by atoms with Crippen LogP contribution in [0.2, 0.25) is 0 Å². The summed E-state index contributed by atoms with van der Waals surface area (Å²) in [6, 6.07) is 11.6. The third-order valence-corrected chi connectivity index (χ3v) is 2.68. The maximum atomic E-state index is 9.10. The summed E-state index contributed by atoms with van der Waals surface area (Å²) >= 11 is 5.28. The molecule has 1 saturated heterocycles. The van der Waals surface area contributed by atoms with Gasteiger partial charge in [-0.2, -0.15) is 5.26 Å². The van der Waals surface area contributed by atoms with Crippen LogP contribution in [0.25, 0.3) is 0 Å². The van der Waals surface area contributed by atoms with Crippen molar-refractivity contribution >= 4 is 17.1 Å². The molecule has 1 heterocycles. The molecule has 3 nitrogen and oxygen atoms in total. The molecule has 1 N–H and O–H groups in total. The van der Waals surface area contributed by atoms with E-state index in [1.807, 2.05) is 30.3 Å². The number of rotatable bonds is 2. The largest absolute Gasteiger partial charge is 0.476 e. The molecule has 4 heteroatoms. The first-order valence-electron chi connectivity index (χ1n) is 4.93. The summed E-state index contributed by atoms with van der Waals surface area (Å²) in [4.78, 5) is 0.521. The fraction of sp³-hybridized carbons (Fsp3) is 0.167. The molecule has 2 rings (SSSR count). The lowest BCUT2D eigenvalue weighted by molar-refractivity contribution is 0.264. The van der Waals surface area contributed by atoms with Crippen molar-refractivity contribution in [3.63, 3.8) is 0 Å². The van der Waals surface area contributed by atoms with E-state index in [4.69, 9.17) is 22.2 Å². The van der Waals surface area contributed by atoms with E-state index in [0.29, 0.717) is 22.9 Å². The zero-order valence-corrected chi connectivity index (χ0v) is 9.38. The van der Waals surface area contributed by atoms with E-state index in [1.165, 1.54) is 0 Å². The van der Waals surface area contributed by atoms with Gasteiger partial charge >= 0.3 is 0 Å². The molecule has 1 aliphatic rings. The van der Waals surface area contributed by atoms with Crippen LogP contribution in [-0.2, 0) is 4.74 Å². The van der Waals surface area contributed by atoms with E-state index in [2.05, 4.69) is 11.4 Å². The number of nitrogens with one attached hydrogen (secondary N) is 1. The van der Waals surface area contributed by atoms with Crippen molar-refractivity contribution in [3.05, 3.63) is 47.4 Å². The molecule has 0 saturated carbocycles. The molecular weight excluding hydrogens is 220 g/mol. The fourth-order valence-electron chi connectivity index (χ4n) is 1.47. The number of ether oxygens (including phenoxy) is 1. The second-order valence-corrected chi connectivity index (χ2v) is 3.69. The van der Waals surface area contributed by atoms with Crippen molar-refractivity contribution in [2.24, 2.45) is 0 Å². The normalized spacial score (nSPS) is 16.9. The van der Waals surface area contributed by atoms with Crippen LogP contribution < -0.4 is 5.32 Å². The van der Waals surface area contributed by atoms with Gasteiger partial charge in [0, 0.05) is 0 Å². The van der Waals surface area contributed by atoms with Gasteiger partial charge in [0.15, 0.2) is 0 Å². The van der Waals surface area contributed by atoms with Crippen LogP contribution in [-0.4, -0.2) is 18.0 Å². The number of benzene rings is 1. The van der Waals surface area contributed by atoms with Crippen molar-refractivity contribution in [1.29, 1.82) is 5.26 Å². The molecule has 1 aromatic rings. The molecular formula is C12H10N2OS. The summed E-state index contributed by atoms with van der Waals surface area (Å²) in [5.74, 6) is 0.497. The summed E-state index contributed by atoms with van der Waals surface area (Å²) in [5, 5.41) is 12.1. The SMILES string of the molecule is N#C/C(C(=S)c1ccccc1)=C1/NCCO1. The maximum absolute atomic E-state index is 9.10. The predicted octanol–water partition coefficient (Wildman–Crippen LogP) is 1.76. The van der Waals surface area contributed by atoms with Crippen LogP contribution in [0, 0.1) is 11.3 Å². The number of nitriles is 1. The van der Waals surface area contributed by atoms with Crippen molar-refractivity contribution < 1.29 is 4.74 Å². The number of hydrogen-bond acceptors (Lipinski definition) is 4. The van der Waals surface area contributed by atoms with Crippen LogP contribution in [0.3, 0.4) is 0 Å². The monoisotopic (exact) mass is 230 g/mol. The Kier molecular flexibility index (Phi) is 3.18. The lowest BCUT2D eigenvalue weighted by Crippen LogP contribution is -2.12. The molecule has 1 fully saturated rings. The zero-order chi connectivity index (χ0) is 11.4. The Labute approximate surface area is 99.3 Å². The summed E-state index contributed by atoms with van der Waals surface area (Å²) in [5.41, 5.74) is 1.26. The topological polar surface area (TPSA) is 45.0 Å². The van der Waals surface area contributed by atoms with Crippen LogP contribution in [0.1, 0.15) is 5.56 Å². The Bertz CT molecular complexity index is 466. The van der Waals surface area contributed by atoms with Gasteiger partial charge in [0.2, 0.25) is 5.88 Å². The van der Waals surface area contributed by atoms with Gasteiger partial charge in [0.25, 0.3) is 0 Å². The predicted molar refractivity (Wildman–Crippen MR) is 64.7 cm³/mol. The van der Waals surface area contributed by atoms with E-state index in [0.717, 1.165) is 12.1 Å². The molecule has 0 aliphatic carbocycles. The van der Waals surface area contributed by atoms with Gasteiger partial charge in [0.05, 0.1) is 11.4 Å². The molecule has 1 aliphatic heterocycles. The van der Waals surface area contributed by atoms with Crippen LogP contribution in [0.5, 0.6) is 0 Å². The Morgan fingerprint density at radius 3 is 2.69 bits per heavy atom. The molecule has 16 heavy (non-hydrogen) atoms. The minimum absolute atomic E-state index is 0.402. The lowest BCUT2D eigenvalue weighted by atomic mass is 10.1. The average molecular weight is 230 g/mol. The van der Waals surface area contributed by atoms with Crippen LogP contribution >= 0.6 is 12.2 Å². The van der Waals surface area contributed by atoms with Gasteiger partial charge in [-0.05, 0) is 5.56 Å². The zero-order valence-electron chi connectivity index (χ0n) is 8.56. The standard InChI is InChI=1S/C12H10N2OS/c13-8-10(12-14-6-7-15-12)11(16)9-4-2-1-3-5-9/h1-5,14H,6-7H2/b12-10+. The lowest BCUT2D eigenvalue weighted by Gasteiger charge is -2.05. The third-order valence-electron chi connectivity index (χ3n) is 2.24. The average Bonchev–Trinajstić information content (AvgIpc) is 2.85. The van der Waals surface area contributed by atoms with Crippen LogP contribution in [0.4, 0.5) is 0 Å². The summed E-state index contributed by atoms with van der Waals surface area (Å²) < 4.78 is 5.31. The summed E-state index contributed by atoms with van der Waals surface area (Å²) in [7, 11) is 0. The minimum atomic E-state index is 0.402. The molecule has 0 spiro atoms. The highest BCUT2D eigenvalue weighted by Gasteiger charge is 2.17. The van der Waals surface area contributed by atoms with Gasteiger partial charge in [-0.25, -0.2) is 0 Å². The Hall–Kier alpha value is -1.86. The van der Waals surface area contributed by atoms with Gasteiger partial charge in [-0.1, -0.05) is 42.5 Å². The second-order valence-electron chi connectivity index (χ2n) is 3.29. The summed E-state index contributed by atoms with van der Waals surface area (Å²) in [6.45, 7) is 1.30. The Balaban J connectivity index is 2.34. The first-order chi connectivity index (χ1) is 7.83. The second kappa shape index (κ2) is 4.77. The molecule has 0 atom stereocenters. The van der Waals surface area contributed by atoms with E-state index in [1.54, 1.807) is 0 Å². The summed E-state index contributed by atoms with van der Waals surface area (Å²) in [6.07, 6.45) is 0. The van der Waals surface area contributed by atoms with E-state index < -0.39 is 0 Å². The third kappa shape index (κ3) is 2.05. The van der Waals surface area contributed by atoms with E-state index in [9.17, 15) is 0 Å². The highest BCUT2D eigenvalue weighted by Crippen LogP contribution is 2.14. The number of nitrogens with zero attached hydrogens (tertiary/aromatic N) is 1. The fourth-order valence-corrected chi connectivity index (χ4v) is 1.74. The van der Waals surface area contributed by atoms with Gasteiger partial charge in [-0.3, -0.25) is 0 Å². The molecule has 0 radical (unpaired) electrons. The van der Waals surface area contributed by atoms with Gasteiger partial charge < -0.3 is 10.1 Å². The smallest absolute Gasteiger partial charge is 0.206 e. The highest BCUT2D eigenvalue weighted by atomic mass is 32.1. The van der Waals surface area contributed by atoms with Crippen molar-refractivity contribution in [2.75, 3.05) is 13.2 Å². The number of hydrogen-bond donors (Lipinski definition) is 1. The van der Waals surface area contributed by atoms with Crippen LogP contribution in [0.15, 0.2) is 41.8 Å². The molecule has 80 valence electrons. The highest BCUT2D eigenvalue weighted by molar-refractivity contribution is 7.81. The molecule has 0 unspecified atom stereocenters. The Morgan fingerprint density at radius 2 is 2.12 bits per heavy atom. The quantitative estimate of drug-likeness (QED) is 0.364. The minimum Gasteiger partial charge on any atom is -0.476 e. The van der Waals surface area contributed by atoms with E-state index in [-0.39, 0.29) is 0 Å². The van der Waals surface area contributed by atoms with Crippen molar-refractivity contribution in [2.45, 2.75) is 0 Å². The number of thiocarbonyl (C=S) groups is 1. The first-order valence-corrected chi connectivity index (χ1v) is 5.34. The van der Waals surface area contributed by atoms with Gasteiger partial charge in [0.1, 0.15) is 18.2 Å². The van der Waals surface area contributed by atoms with Crippen molar-refractivity contribution in [1.82, 2.24) is 5.32 Å². The Morgan fingerprint density at radius 1 is 1.38 bits per heavy atom. The van der Waals surface area contributed by atoms with E-state index >= 15 is 0 Å². The molecule has 1 aromatic carbocycles. The maximum Gasteiger partial charge on any atom is 0.206 e. The van der Waals surface area contributed by atoms with Crippen molar-refractivity contribution in [3.8, 4) is 6.07 Å². The number of allylic oxidation sites excluding steroid dienone is 1. The molecule has 0 amide bonds. The first kappa shape index (κ1) is 10.7. The molecule has 0 aromatic heterocycles. The van der Waals surface area contributed by atoms with Gasteiger partial charge in [-0.15, -0.1) is 0 Å². The molecule has 0 bridgehead atoms.